The molecule has 2 aliphatic carbocycles. The Bertz CT molecular complexity index is 966. The first-order chi connectivity index (χ1) is 16.4. The second-order valence-electron chi connectivity index (χ2n) is 11.0. The van der Waals surface area contributed by atoms with Gasteiger partial charge in [0.2, 0.25) is 5.91 Å². The van der Waals surface area contributed by atoms with E-state index in [1.807, 2.05) is 23.6 Å². The zero-order valence-corrected chi connectivity index (χ0v) is 21.1. The average Bonchev–Trinajstić information content (AvgIpc) is 3.35. The van der Waals surface area contributed by atoms with Crippen molar-refractivity contribution in [1.82, 2.24) is 5.32 Å². The molecule has 184 valence electrons. The molecule has 3 fully saturated rings. The first kappa shape index (κ1) is 24.0. The van der Waals surface area contributed by atoms with E-state index in [0.29, 0.717) is 25.5 Å². The van der Waals surface area contributed by atoms with Crippen molar-refractivity contribution in [3.8, 4) is 0 Å². The van der Waals surface area contributed by atoms with Crippen LogP contribution < -0.4 is 5.32 Å². The Morgan fingerprint density at radius 3 is 2.71 bits per heavy atom. The van der Waals surface area contributed by atoms with Crippen molar-refractivity contribution in [3.05, 3.63) is 58.3 Å². The molecule has 2 N–H and O–H groups in total. The largest absolute Gasteiger partial charge is 0.393 e. The Balaban J connectivity index is 1.27. The average molecular weight is 484 g/mol. The summed E-state index contributed by atoms with van der Waals surface area (Å²) >= 11 is 1.65. The summed E-state index contributed by atoms with van der Waals surface area (Å²) in [6.07, 6.45) is 4.24. The van der Waals surface area contributed by atoms with E-state index < -0.39 is 6.10 Å². The molecule has 2 saturated carbocycles. The Morgan fingerprint density at radius 2 is 1.94 bits per heavy atom. The number of carbonyl (C=O) groups excluding carboxylic acids is 1. The predicted molar refractivity (Wildman–Crippen MR) is 133 cm³/mol. The number of rotatable bonds is 6. The van der Waals surface area contributed by atoms with Crippen LogP contribution in [0.4, 0.5) is 0 Å². The van der Waals surface area contributed by atoms with Crippen LogP contribution in [0.15, 0.2) is 47.8 Å². The molecular weight excluding hydrogens is 446 g/mol. The summed E-state index contributed by atoms with van der Waals surface area (Å²) in [6, 6.07) is 14.4. The van der Waals surface area contributed by atoms with Gasteiger partial charge in [-0.25, -0.2) is 0 Å². The second kappa shape index (κ2) is 9.73. The molecule has 1 unspecified atom stereocenters. The first-order valence-electron chi connectivity index (χ1n) is 12.7. The highest BCUT2D eigenvalue weighted by atomic mass is 32.1. The minimum atomic E-state index is -0.440. The molecule has 34 heavy (non-hydrogen) atoms. The maximum Gasteiger partial charge on any atom is 0.220 e. The monoisotopic (exact) mass is 483 g/mol. The fourth-order valence-electron chi connectivity index (χ4n) is 7.07. The molecule has 1 aliphatic heterocycles. The van der Waals surface area contributed by atoms with Gasteiger partial charge in [-0.1, -0.05) is 50.2 Å². The highest BCUT2D eigenvalue weighted by molar-refractivity contribution is 7.09. The van der Waals surface area contributed by atoms with E-state index in [1.54, 1.807) is 11.3 Å². The zero-order chi connectivity index (χ0) is 23.8. The van der Waals surface area contributed by atoms with Crippen molar-refractivity contribution in [2.45, 2.75) is 77.4 Å². The van der Waals surface area contributed by atoms with Crippen LogP contribution in [0.2, 0.25) is 0 Å². The van der Waals surface area contributed by atoms with Crippen molar-refractivity contribution in [2.24, 2.45) is 22.7 Å². The van der Waals surface area contributed by atoms with Crippen LogP contribution in [0.3, 0.4) is 0 Å². The number of aliphatic hydroxyl groups is 1. The lowest BCUT2D eigenvalue weighted by Crippen LogP contribution is -2.63. The number of nitrogens with one attached hydrogen (secondary N) is 1. The number of aliphatic hydroxyl groups excluding tert-OH is 1. The highest BCUT2D eigenvalue weighted by Gasteiger charge is 2.61. The lowest BCUT2D eigenvalue weighted by Gasteiger charge is -2.63. The molecule has 1 amide bonds. The fraction of sp³-hybridized carbons (Fsp3) is 0.607. The van der Waals surface area contributed by atoms with Gasteiger partial charge in [-0.15, -0.1) is 11.3 Å². The standard InChI is InChI=1S/C28H37NO4S/c1-27-13-12-24-28(2,18-32-26(33-24)15-19-7-4-3-5-8-19)23(27)11-10-22(30)21(27)16-25(31)29-17-20-9-6-14-34-20/h3-9,14,21-24,26,30H,10-13,15-18H2,1-2H3,(H,29,31)/t21-,22-,23?,24-,26-,27+,28+/m1/s1. The third-order valence-electron chi connectivity index (χ3n) is 8.92. The SMILES string of the molecule is C[C@@]12CO[C@@H](Cc3ccccc3)O[C@@H]1CC[C@]1(C)C2CC[C@@H](O)[C@H]1CC(=O)NCc1cccs1. The van der Waals surface area contributed by atoms with Gasteiger partial charge < -0.3 is 19.9 Å². The van der Waals surface area contributed by atoms with Crippen LogP contribution in [0.1, 0.15) is 56.4 Å². The number of thiophene rings is 1. The molecular formula is C28H37NO4S. The number of amides is 1. The molecule has 1 aromatic heterocycles. The van der Waals surface area contributed by atoms with Crippen LogP contribution in [-0.4, -0.2) is 36.1 Å². The van der Waals surface area contributed by atoms with E-state index in [9.17, 15) is 9.90 Å². The molecule has 0 radical (unpaired) electrons. The third-order valence-corrected chi connectivity index (χ3v) is 9.80. The highest BCUT2D eigenvalue weighted by Crippen LogP contribution is 2.62. The van der Waals surface area contributed by atoms with Gasteiger partial charge in [0.1, 0.15) is 0 Å². The maximum atomic E-state index is 12.9. The Kier molecular flexibility index (Phi) is 6.86. The minimum absolute atomic E-state index is 0.0330. The summed E-state index contributed by atoms with van der Waals surface area (Å²) in [5.41, 5.74) is 1.01. The third kappa shape index (κ3) is 4.58. The number of benzene rings is 1. The maximum absolute atomic E-state index is 12.9. The van der Waals surface area contributed by atoms with E-state index in [-0.39, 0.29) is 35.0 Å². The topological polar surface area (TPSA) is 67.8 Å². The van der Waals surface area contributed by atoms with Crippen LogP contribution in [-0.2, 0) is 27.2 Å². The lowest BCUT2D eigenvalue weighted by atomic mass is 9.46. The van der Waals surface area contributed by atoms with Crippen molar-refractivity contribution in [1.29, 1.82) is 0 Å². The van der Waals surface area contributed by atoms with E-state index in [0.717, 1.165) is 37.0 Å². The van der Waals surface area contributed by atoms with Crippen LogP contribution in [0.25, 0.3) is 0 Å². The molecule has 1 saturated heterocycles. The van der Waals surface area contributed by atoms with Crippen LogP contribution >= 0.6 is 11.3 Å². The molecule has 5 nitrogen and oxygen atoms in total. The molecule has 7 atom stereocenters. The Hall–Kier alpha value is -1.73. The summed E-state index contributed by atoms with van der Waals surface area (Å²) in [5, 5.41) is 16.1. The van der Waals surface area contributed by atoms with Gasteiger partial charge in [-0.05, 0) is 59.9 Å². The van der Waals surface area contributed by atoms with Gasteiger partial charge in [0.05, 0.1) is 25.4 Å². The van der Waals surface area contributed by atoms with E-state index >= 15 is 0 Å². The Labute approximate surface area is 206 Å². The number of ether oxygens (including phenoxy) is 2. The minimum Gasteiger partial charge on any atom is -0.393 e. The first-order valence-corrected chi connectivity index (χ1v) is 13.5. The summed E-state index contributed by atoms with van der Waals surface area (Å²) < 4.78 is 12.9. The van der Waals surface area contributed by atoms with Crippen LogP contribution in [0.5, 0.6) is 0 Å². The zero-order valence-electron chi connectivity index (χ0n) is 20.2. The molecule has 2 aromatic rings. The number of fused-ring (bicyclic) bond motifs is 3. The molecule has 2 heterocycles. The van der Waals surface area contributed by atoms with Crippen molar-refractivity contribution in [2.75, 3.05) is 6.61 Å². The predicted octanol–water partition coefficient (Wildman–Crippen LogP) is 4.93. The number of hydrogen-bond donors (Lipinski definition) is 2. The lowest BCUT2D eigenvalue weighted by molar-refractivity contribution is -0.308. The molecule has 0 spiro atoms. The van der Waals surface area contributed by atoms with Crippen LogP contribution in [0, 0.1) is 22.7 Å². The normalized spacial score (nSPS) is 37.4. The Morgan fingerprint density at radius 1 is 1.12 bits per heavy atom. The number of hydrogen-bond acceptors (Lipinski definition) is 5. The molecule has 0 bridgehead atoms. The van der Waals surface area contributed by atoms with Crippen molar-refractivity contribution >= 4 is 17.2 Å². The van der Waals surface area contributed by atoms with Gasteiger partial charge in [-0.2, -0.15) is 0 Å². The smallest absolute Gasteiger partial charge is 0.220 e. The summed E-state index contributed by atoms with van der Waals surface area (Å²) in [7, 11) is 0. The van der Waals surface area contributed by atoms with Gasteiger partial charge in [-0.3, -0.25) is 4.79 Å². The quantitative estimate of drug-likeness (QED) is 0.611. The van der Waals surface area contributed by atoms with E-state index in [4.69, 9.17) is 9.47 Å². The van der Waals surface area contributed by atoms with Gasteiger partial charge in [0.15, 0.2) is 6.29 Å². The fourth-order valence-corrected chi connectivity index (χ4v) is 7.72. The van der Waals surface area contributed by atoms with Gasteiger partial charge >= 0.3 is 0 Å². The van der Waals surface area contributed by atoms with E-state index in [1.165, 1.54) is 5.56 Å². The summed E-state index contributed by atoms with van der Waals surface area (Å²) in [6.45, 7) is 5.84. The van der Waals surface area contributed by atoms with Crippen molar-refractivity contribution < 1.29 is 19.4 Å². The number of carbonyl (C=O) groups is 1. The molecule has 5 rings (SSSR count). The molecule has 6 heteroatoms. The molecule has 3 aliphatic rings. The van der Waals surface area contributed by atoms with Gasteiger partial charge in [0, 0.05) is 23.1 Å². The molecule has 1 aromatic carbocycles. The van der Waals surface area contributed by atoms with E-state index in [2.05, 4.69) is 43.4 Å². The second-order valence-corrected chi connectivity index (χ2v) is 12.0. The van der Waals surface area contributed by atoms with Gasteiger partial charge in [0.25, 0.3) is 0 Å². The summed E-state index contributed by atoms with van der Waals surface area (Å²) in [4.78, 5) is 14.0. The summed E-state index contributed by atoms with van der Waals surface area (Å²) in [5.74, 6) is 0.343. The van der Waals surface area contributed by atoms with Crippen molar-refractivity contribution in [3.63, 3.8) is 0 Å².